The van der Waals surface area contributed by atoms with Crippen molar-refractivity contribution < 1.29 is 17.5 Å². The zero-order chi connectivity index (χ0) is 9.30. The van der Waals surface area contributed by atoms with Crippen LogP contribution in [0.15, 0.2) is 12.1 Å². The fourth-order valence-electron chi connectivity index (χ4n) is 1.22. The van der Waals surface area contributed by atoms with E-state index in [-0.39, 0.29) is 12.4 Å². The molecule has 1 rings (SSSR count). The number of hydrogen-bond donors (Lipinski definition) is 1. The number of hydrogen-bond acceptors (Lipinski definition) is 1. The van der Waals surface area contributed by atoms with Gasteiger partial charge in [-0.05, 0) is 0 Å². The third-order valence-corrected chi connectivity index (χ3v) is 4.92. The summed E-state index contributed by atoms with van der Waals surface area (Å²) in [6.07, 6.45) is 0. The second-order valence-corrected chi connectivity index (χ2v) is 7.50. The van der Waals surface area contributed by atoms with E-state index in [0.29, 0.717) is 5.75 Å². The minimum absolute atomic E-state index is 0. The maximum absolute atomic E-state index is 9.42. The number of phenols is 1. The summed E-state index contributed by atoms with van der Waals surface area (Å²) < 4.78 is 1.45. The standard InChI is InChI=1S/C10H14OSe.ClH/c1-7-8(2)10(12(3)4)6-5-9(7)11;/h5-6H,1-4H3;1H. The minimum Gasteiger partial charge on any atom is -1.00 e. The molecule has 0 atom stereocenters. The number of aromatic hydroxyl groups is 1. The number of halogens is 1. The van der Waals surface area contributed by atoms with E-state index >= 15 is 0 Å². The summed E-state index contributed by atoms with van der Waals surface area (Å²) in [5, 5.41) is 9.42. The first-order valence-corrected chi connectivity index (χ1v) is 8.19. The molecule has 0 aliphatic heterocycles. The van der Waals surface area contributed by atoms with Crippen LogP contribution in [-0.4, -0.2) is 19.0 Å². The van der Waals surface area contributed by atoms with Gasteiger partial charge >= 0.3 is 78.0 Å². The molecule has 0 aliphatic rings. The zero-order valence-electron chi connectivity index (χ0n) is 8.39. The van der Waals surface area contributed by atoms with Gasteiger partial charge in [0.15, 0.2) is 0 Å². The predicted molar refractivity (Wildman–Crippen MR) is 54.7 cm³/mol. The summed E-state index contributed by atoms with van der Waals surface area (Å²) in [4.78, 5) is 0. The van der Waals surface area contributed by atoms with Gasteiger partial charge in [-0.3, -0.25) is 0 Å². The molecule has 0 aliphatic carbocycles. The summed E-state index contributed by atoms with van der Waals surface area (Å²) in [6, 6.07) is 3.86. The van der Waals surface area contributed by atoms with Crippen LogP contribution in [0.1, 0.15) is 11.1 Å². The van der Waals surface area contributed by atoms with Crippen LogP contribution in [0.2, 0.25) is 11.6 Å². The molecule has 0 bridgehead atoms. The van der Waals surface area contributed by atoms with E-state index in [2.05, 4.69) is 24.6 Å². The molecule has 0 aromatic heterocycles. The van der Waals surface area contributed by atoms with Crippen molar-refractivity contribution in [1.82, 2.24) is 0 Å². The molecular formula is C10H15ClOSe. The fraction of sp³-hybridized carbons (Fsp3) is 0.400. The van der Waals surface area contributed by atoms with Gasteiger partial charge in [0.25, 0.3) is 0 Å². The quantitative estimate of drug-likeness (QED) is 0.644. The molecule has 1 aromatic carbocycles. The van der Waals surface area contributed by atoms with E-state index in [9.17, 15) is 5.11 Å². The average molecular weight is 266 g/mol. The average Bonchev–Trinajstić information content (AvgIpc) is 2.00. The molecule has 3 heteroatoms. The van der Waals surface area contributed by atoms with Crippen molar-refractivity contribution in [3.63, 3.8) is 0 Å². The third kappa shape index (κ3) is 2.63. The molecular weight excluding hydrogens is 251 g/mol. The summed E-state index contributed by atoms with van der Waals surface area (Å²) in [6.45, 7) is 4.07. The molecule has 1 nitrogen and oxygen atoms in total. The van der Waals surface area contributed by atoms with Crippen LogP contribution in [0.4, 0.5) is 0 Å². The molecule has 74 valence electrons. The molecule has 0 saturated carbocycles. The van der Waals surface area contributed by atoms with Crippen molar-refractivity contribution in [1.29, 1.82) is 0 Å². The van der Waals surface area contributed by atoms with Crippen LogP contribution in [0.3, 0.4) is 0 Å². The predicted octanol–water partition coefficient (Wildman–Crippen LogP) is -1.03. The first-order valence-electron chi connectivity index (χ1n) is 3.90. The summed E-state index contributed by atoms with van der Waals surface area (Å²) in [5.41, 5.74) is 2.30. The first kappa shape index (κ1) is 12.8. The van der Waals surface area contributed by atoms with Gasteiger partial charge < -0.3 is 12.4 Å². The number of rotatable bonds is 1. The van der Waals surface area contributed by atoms with Crippen LogP contribution < -0.4 is 16.9 Å². The Morgan fingerprint density at radius 1 is 1.08 bits per heavy atom. The van der Waals surface area contributed by atoms with Crippen molar-refractivity contribution in [3.05, 3.63) is 23.3 Å². The van der Waals surface area contributed by atoms with E-state index in [1.807, 2.05) is 6.92 Å². The van der Waals surface area contributed by atoms with Gasteiger partial charge in [0, 0.05) is 0 Å². The maximum atomic E-state index is 9.42. The Morgan fingerprint density at radius 3 is 2.08 bits per heavy atom. The Kier molecular flexibility index (Phi) is 4.83. The van der Waals surface area contributed by atoms with Crippen LogP contribution in [0, 0.1) is 13.8 Å². The topological polar surface area (TPSA) is 20.2 Å². The van der Waals surface area contributed by atoms with E-state index in [1.165, 1.54) is 10.0 Å². The summed E-state index contributed by atoms with van der Waals surface area (Å²) in [5.74, 6) is 5.00. The van der Waals surface area contributed by atoms with Gasteiger partial charge in [0.2, 0.25) is 0 Å². The normalized spacial score (nSPS) is 9.92. The third-order valence-electron chi connectivity index (χ3n) is 2.15. The van der Waals surface area contributed by atoms with Crippen molar-refractivity contribution in [2.24, 2.45) is 0 Å². The minimum atomic E-state index is -0.602. The van der Waals surface area contributed by atoms with Crippen molar-refractivity contribution in [3.8, 4) is 5.75 Å². The van der Waals surface area contributed by atoms with E-state index < -0.39 is 13.9 Å². The van der Waals surface area contributed by atoms with Gasteiger partial charge in [-0.15, -0.1) is 0 Å². The molecule has 0 heterocycles. The Morgan fingerprint density at radius 2 is 1.62 bits per heavy atom. The van der Waals surface area contributed by atoms with Gasteiger partial charge in [-0.25, -0.2) is 0 Å². The first-order chi connectivity index (χ1) is 5.54. The molecule has 0 saturated heterocycles. The Bertz CT molecular complexity index is 297. The van der Waals surface area contributed by atoms with E-state index in [1.54, 1.807) is 6.07 Å². The second kappa shape index (κ2) is 4.90. The van der Waals surface area contributed by atoms with Crippen molar-refractivity contribution in [2.75, 3.05) is 0 Å². The molecule has 13 heavy (non-hydrogen) atoms. The Balaban J connectivity index is 0.00000144. The maximum Gasteiger partial charge on any atom is -1.00 e. The van der Waals surface area contributed by atoms with Crippen LogP contribution in [0.25, 0.3) is 0 Å². The molecule has 0 spiro atoms. The van der Waals surface area contributed by atoms with E-state index in [4.69, 9.17) is 0 Å². The molecule has 0 amide bonds. The summed E-state index contributed by atoms with van der Waals surface area (Å²) >= 11 is -0.602. The SMILES string of the molecule is Cc1c(O)ccc([Se+](C)C)c1C.[Cl-]. The van der Waals surface area contributed by atoms with Crippen molar-refractivity contribution >= 4 is 18.4 Å². The number of phenolic OH excluding ortho intramolecular Hbond substituents is 1. The fourth-order valence-corrected chi connectivity index (χ4v) is 3.54. The monoisotopic (exact) mass is 266 g/mol. The van der Waals surface area contributed by atoms with Gasteiger partial charge in [0.1, 0.15) is 0 Å². The number of benzene rings is 1. The largest absolute Gasteiger partial charge is 1.00 e. The van der Waals surface area contributed by atoms with Crippen LogP contribution in [0.5, 0.6) is 5.75 Å². The van der Waals surface area contributed by atoms with Gasteiger partial charge in [-0.1, -0.05) is 0 Å². The zero-order valence-corrected chi connectivity index (χ0v) is 10.9. The molecule has 0 unspecified atom stereocenters. The molecule has 1 N–H and O–H groups in total. The molecule has 0 radical (unpaired) electrons. The summed E-state index contributed by atoms with van der Waals surface area (Å²) in [7, 11) is 0. The van der Waals surface area contributed by atoms with Gasteiger partial charge in [-0.2, -0.15) is 0 Å². The van der Waals surface area contributed by atoms with E-state index in [0.717, 1.165) is 5.56 Å². The van der Waals surface area contributed by atoms with Crippen LogP contribution in [-0.2, 0) is 0 Å². The van der Waals surface area contributed by atoms with Crippen LogP contribution >= 0.6 is 0 Å². The Hall–Kier alpha value is -0.171. The molecule has 1 aromatic rings. The molecule has 0 fully saturated rings. The van der Waals surface area contributed by atoms with Crippen molar-refractivity contribution in [2.45, 2.75) is 25.5 Å². The Labute approximate surface area is 90.5 Å². The van der Waals surface area contributed by atoms with Gasteiger partial charge in [0.05, 0.1) is 0 Å². The smallest absolute Gasteiger partial charge is 1.00 e. The second-order valence-electron chi connectivity index (χ2n) is 3.15.